The second-order valence-corrected chi connectivity index (χ2v) is 18.4. The normalized spacial score (nSPS) is 12.2. The minimum atomic E-state index is 0.208. The molecule has 2 aliphatic rings. The largest absolute Gasteiger partial charge is 0.508 e. The average Bonchev–Trinajstić information content (AvgIpc) is 4.15. The summed E-state index contributed by atoms with van der Waals surface area (Å²) in [6.45, 7) is 4.58. The molecule has 0 atom stereocenters. The fourth-order valence-corrected chi connectivity index (χ4v) is 9.71. The molecule has 6 nitrogen and oxygen atoms in total. The first-order valence-corrected chi connectivity index (χ1v) is 25.2. The maximum Gasteiger partial charge on any atom is 0.116 e. The lowest BCUT2D eigenvalue weighted by Gasteiger charge is -2.07. The zero-order chi connectivity index (χ0) is 44.4. The molecular formula is C58H74N4O2. The van der Waals surface area contributed by atoms with Gasteiger partial charge in [-0.1, -0.05) is 167 Å². The Morgan fingerprint density at radius 3 is 1.08 bits per heavy atom. The van der Waals surface area contributed by atoms with Crippen molar-refractivity contribution in [1.29, 1.82) is 0 Å². The van der Waals surface area contributed by atoms with Gasteiger partial charge in [0.2, 0.25) is 0 Å². The van der Waals surface area contributed by atoms with Crippen LogP contribution in [0.3, 0.4) is 0 Å². The van der Waals surface area contributed by atoms with Crippen LogP contribution in [0.5, 0.6) is 11.5 Å². The molecular weight excluding hydrogens is 785 g/mol. The third kappa shape index (κ3) is 12.9. The molecule has 0 amide bonds. The summed E-state index contributed by atoms with van der Waals surface area (Å²) >= 11 is 0. The average molecular weight is 859 g/mol. The lowest BCUT2D eigenvalue weighted by atomic mass is 10.0. The van der Waals surface area contributed by atoms with E-state index in [1.807, 2.05) is 36.4 Å². The molecule has 4 N–H and O–H groups in total. The van der Waals surface area contributed by atoms with Crippen LogP contribution < -0.4 is 0 Å². The maximum atomic E-state index is 10.7. The van der Waals surface area contributed by atoms with Crippen LogP contribution in [0.1, 0.15) is 189 Å². The third-order valence-electron chi connectivity index (χ3n) is 13.3. The number of rotatable bonds is 26. The van der Waals surface area contributed by atoms with E-state index in [-0.39, 0.29) is 11.5 Å². The fraction of sp³-hybridized carbons (Fsp3) is 0.448. The molecule has 2 aliphatic heterocycles. The highest BCUT2D eigenvalue weighted by Crippen LogP contribution is 2.37. The van der Waals surface area contributed by atoms with Crippen molar-refractivity contribution < 1.29 is 10.2 Å². The van der Waals surface area contributed by atoms with Gasteiger partial charge in [-0.3, -0.25) is 0 Å². The fourth-order valence-electron chi connectivity index (χ4n) is 9.71. The number of fused-ring (bicyclic) bond motifs is 8. The Kier molecular flexibility index (Phi) is 17.9. The van der Waals surface area contributed by atoms with Gasteiger partial charge >= 0.3 is 0 Å². The number of hydrogen-bond donors (Lipinski definition) is 4. The van der Waals surface area contributed by atoms with E-state index in [2.05, 4.69) is 72.4 Å². The van der Waals surface area contributed by atoms with Gasteiger partial charge in [0, 0.05) is 44.3 Å². The number of aromatic amines is 2. The summed E-state index contributed by atoms with van der Waals surface area (Å²) in [5.41, 5.74) is 13.8. The Morgan fingerprint density at radius 1 is 0.375 bits per heavy atom. The maximum absolute atomic E-state index is 10.7. The second kappa shape index (κ2) is 24.6. The number of aryl methyl sites for hydroxylation is 2. The number of unbranched alkanes of at least 4 members (excludes halogenated alkanes) is 20. The number of H-pyrrole nitrogens is 2. The molecule has 0 radical (unpaired) electrons. The molecule has 338 valence electrons. The Balaban J connectivity index is 1.27. The summed E-state index contributed by atoms with van der Waals surface area (Å²) < 4.78 is 0. The molecule has 6 heteroatoms. The van der Waals surface area contributed by atoms with Gasteiger partial charge in [0.1, 0.15) is 11.5 Å². The molecule has 0 spiro atoms. The highest BCUT2D eigenvalue weighted by molar-refractivity contribution is 5.96. The molecule has 5 aromatic rings. The number of nitrogens with zero attached hydrogens (tertiary/aromatic N) is 2. The van der Waals surface area contributed by atoms with Gasteiger partial charge in [-0.2, -0.15) is 0 Å². The topological polar surface area (TPSA) is 97.8 Å². The molecule has 5 heterocycles. The zero-order valence-corrected chi connectivity index (χ0v) is 39.0. The third-order valence-corrected chi connectivity index (χ3v) is 13.3. The van der Waals surface area contributed by atoms with Crippen LogP contribution in [-0.4, -0.2) is 30.1 Å². The van der Waals surface area contributed by atoms with Gasteiger partial charge in [-0.05, 0) is 110 Å². The quantitative estimate of drug-likeness (QED) is 0.0408. The lowest BCUT2D eigenvalue weighted by Crippen LogP contribution is -1.94. The van der Waals surface area contributed by atoms with Crippen molar-refractivity contribution in [3.8, 4) is 33.8 Å². The van der Waals surface area contributed by atoms with Crippen molar-refractivity contribution in [3.63, 3.8) is 0 Å². The van der Waals surface area contributed by atoms with E-state index in [1.54, 1.807) is 12.1 Å². The molecule has 0 unspecified atom stereocenters. The van der Waals surface area contributed by atoms with Gasteiger partial charge in [0.15, 0.2) is 0 Å². The van der Waals surface area contributed by atoms with E-state index in [0.717, 1.165) is 92.8 Å². The van der Waals surface area contributed by atoms with Gasteiger partial charge in [-0.25, -0.2) is 9.97 Å². The van der Waals surface area contributed by atoms with Crippen LogP contribution in [0.15, 0.2) is 72.8 Å². The number of hydrogen-bond acceptors (Lipinski definition) is 4. The number of phenolic OH excluding ortho intramolecular Hbond substituents is 2. The minimum Gasteiger partial charge on any atom is -0.508 e. The van der Waals surface area contributed by atoms with Gasteiger partial charge < -0.3 is 20.2 Å². The summed E-state index contributed by atoms with van der Waals surface area (Å²) in [4.78, 5) is 18.5. The van der Waals surface area contributed by atoms with Crippen LogP contribution >= 0.6 is 0 Å². The predicted molar refractivity (Wildman–Crippen MR) is 273 cm³/mol. The molecule has 3 aromatic heterocycles. The second-order valence-electron chi connectivity index (χ2n) is 18.4. The van der Waals surface area contributed by atoms with E-state index in [9.17, 15) is 10.2 Å². The van der Waals surface area contributed by atoms with E-state index < -0.39 is 0 Å². The summed E-state index contributed by atoms with van der Waals surface area (Å²) in [7, 11) is 0. The van der Waals surface area contributed by atoms with Crippen LogP contribution in [-0.2, 0) is 12.8 Å². The predicted octanol–water partition coefficient (Wildman–Crippen LogP) is 17.1. The summed E-state index contributed by atoms with van der Waals surface area (Å²) in [6, 6.07) is 23.6. The number of aromatic hydroxyl groups is 2. The summed E-state index contributed by atoms with van der Waals surface area (Å²) in [5.74, 6) is 0.415. The Labute approximate surface area is 383 Å². The highest BCUT2D eigenvalue weighted by Gasteiger charge is 2.18. The molecule has 8 bridgehead atoms. The summed E-state index contributed by atoms with van der Waals surface area (Å²) in [6.07, 6.45) is 39.4. The van der Waals surface area contributed by atoms with Crippen molar-refractivity contribution in [3.05, 3.63) is 107 Å². The van der Waals surface area contributed by atoms with Gasteiger partial charge in [-0.15, -0.1) is 0 Å². The Hall–Kier alpha value is -5.36. The van der Waals surface area contributed by atoms with Gasteiger partial charge in [0.05, 0.1) is 22.8 Å². The zero-order valence-electron chi connectivity index (χ0n) is 39.0. The van der Waals surface area contributed by atoms with Gasteiger partial charge in [0.25, 0.3) is 0 Å². The van der Waals surface area contributed by atoms with Crippen LogP contribution in [0.25, 0.3) is 68.6 Å². The van der Waals surface area contributed by atoms with Crippen molar-refractivity contribution in [2.45, 2.75) is 168 Å². The highest BCUT2D eigenvalue weighted by atomic mass is 16.3. The molecule has 64 heavy (non-hydrogen) atoms. The van der Waals surface area contributed by atoms with Crippen molar-refractivity contribution in [2.24, 2.45) is 0 Å². The van der Waals surface area contributed by atoms with E-state index in [0.29, 0.717) is 0 Å². The summed E-state index contributed by atoms with van der Waals surface area (Å²) in [5, 5.41) is 21.4. The van der Waals surface area contributed by atoms with E-state index in [1.165, 1.54) is 140 Å². The number of aromatic nitrogens is 4. The molecule has 0 saturated heterocycles. The van der Waals surface area contributed by atoms with Crippen molar-refractivity contribution in [1.82, 2.24) is 19.9 Å². The SMILES string of the molecule is CCCCCCCCCCCCCc1c2nc(c(-c3cccc(O)c3)c3ccc([nH]3)c(-c3cccc(O)c3)c3nc(c(CCCCCCCCCCCCC)c4ccc1[nH]4)C=C3)C=C2. The molecule has 7 rings (SSSR count). The molecule has 2 aromatic carbocycles. The first-order chi connectivity index (χ1) is 31.5. The first kappa shape index (κ1) is 46.6. The van der Waals surface area contributed by atoms with Crippen LogP contribution in [0.4, 0.5) is 0 Å². The Morgan fingerprint density at radius 2 is 0.703 bits per heavy atom. The number of benzene rings is 2. The number of phenols is 2. The molecule has 0 aliphatic carbocycles. The minimum absolute atomic E-state index is 0.208. The molecule has 0 saturated carbocycles. The van der Waals surface area contributed by atoms with Crippen molar-refractivity contribution in [2.75, 3.05) is 0 Å². The monoisotopic (exact) mass is 859 g/mol. The van der Waals surface area contributed by atoms with E-state index in [4.69, 9.17) is 9.97 Å². The molecule has 0 fully saturated rings. The number of nitrogens with one attached hydrogen (secondary N) is 2. The van der Waals surface area contributed by atoms with Crippen LogP contribution in [0, 0.1) is 0 Å². The first-order valence-electron chi connectivity index (χ1n) is 25.2. The standard InChI is InChI=1S/C58H74N4O2/c1-3-5-7-9-11-13-15-17-19-21-23-31-47-49-33-34-50(59-49)48(32-24-22-20-18-16-14-12-10-8-6-4-2)52-36-38-54(61-52)58(44-28-26-30-46(64)42-44)56-40-39-55(62-56)57(53-37-35-51(47)60-53)43-27-25-29-45(63)41-43/h25-30,33-42,59,62-64H,3-24,31-32H2,1-2H3. The van der Waals surface area contributed by atoms with E-state index >= 15 is 0 Å². The Bertz CT molecular complexity index is 2320. The van der Waals surface area contributed by atoms with Crippen LogP contribution in [0.2, 0.25) is 0 Å². The smallest absolute Gasteiger partial charge is 0.116 e. The van der Waals surface area contributed by atoms with Crippen molar-refractivity contribution >= 4 is 46.4 Å². The lowest BCUT2D eigenvalue weighted by molar-refractivity contribution is 0.475.